The normalized spacial score (nSPS) is 17.0. The van der Waals surface area contributed by atoms with Gasteiger partial charge in [0.15, 0.2) is 11.5 Å². The van der Waals surface area contributed by atoms with E-state index in [1.54, 1.807) is 4.90 Å². The van der Waals surface area contributed by atoms with Crippen molar-refractivity contribution in [3.8, 4) is 11.5 Å². The Morgan fingerprint density at radius 1 is 1.12 bits per heavy atom. The van der Waals surface area contributed by atoms with Gasteiger partial charge in [-0.2, -0.15) is 0 Å². The van der Waals surface area contributed by atoms with Crippen LogP contribution in [-0.4, -0.2) is 60.6 Å². The molecule has 0 aromatic heterocycles. The van der Waals surface area contributed by atoms with Crippen molar-refractivity contribution in [2.45, 2.75) is 32.9 Å². The van der Waals surface area contributed by atoms with Crippen LogP contribution in [0.3, 0.4) is 0 Å². The van der Waals surface area contributed by atoms with Gasteiger partial charge in [-0.1, -0.05) is 6.07 Å². The molecule has 2 aliphatic rings. The summed E-state index contributed by atoms with van der Waals surface area (Å²) in [6, 6.07) is 6.04. The first-order valence-corrected chi connectivity index (χ1v) is 8.69. The first-order valence-electron chi connectivity index (χ1n) is 8.69. The van der Waals surface area contributed by atoms with E-state index >= 15 is 0 Å². The molecule has 25 heavy (non-hydrogen) atoms. The summed E-state index contributed by atoms with van der Waals surface area (Å²) in [6.45, 7) is 7.76. The fraction of sp³-hybridized carbons (Fsp3) is 0.556. The lowest BCUT2D eigenvalue weighted by Gasteiger charge is -2.34. The van der Waals surface area contributed by atoms with Gasteiger partial charge < -0.3 is 19.7 Å². The molecule has 7 heteroatoms. The van der Waals surface area contributed by atoms with Gasteiger partial charge in [0.1, 0.15) is 6.42 Å². The molecule has 1 fully saturated rings. The highest BCUT2D eigenvalue weighted by atomic mass is 16.7. The molecule has 0 bridgehead atoms. The van der Waals surface area contributed by atoms with Crippen LogP contribution in [0.4, 0.5) is 0 Å². The number of nitrogens with zero attached hydrogens (tertiary/aromatic N) is 2. The average molecular weight is 347 g/mol. The Bertz CT molecular complexity index is 639. The number of piperazine rings is 1. The number of nitrogens with one attached hydrogen (secondary N) is 1. The number of benzene rings is 1. The van der Waals surface area contributed by atoms with E-state index in [4.69, 9.17) is 9.47 Å². The molecule has 0 saturated carbocycles. The fourth-order valence-electron chi connectivity index (χ4n) is 3.08. The van der Waals surface area contributed by atoms with Crippen molar-refractivity contribution in [1.29, 1.82) is 0 Å². The van der Waals surface area contributed by atoms with Gasteiger partial charge in [-0.25, -0.2) is 0 Å². The molecule has 3 rings (SSSR count). The van der Waals surface area contributed by atoms with E-state index in [0.717, 1.165) is 31.1 Å². The number of amides is 2. The third kappa shape index (κ3) is 4.63. The summed E-state index contributed by atoms with van der Waals surface area (Å²) >= 11 is 0. The predicted octanol–water partition coefficient (Wildman–Crippen LogP) is 0.974. The highest BCUT2D eigenvalue weighted by Crippen LogP contribution is 2.32. The number of hydrogen-bond acceptors (Lipinski definition) is 5. The number of carbonyl (C=O) groups excluding carboxylic acids is 2. The Hall–Kier alpha value is -2.28. The summed E-state index contributed by atoms with van der Waals surface area (Å²) < 4.78 is 10.7. The molecule has 0 atom stereocenters. The lowest BCUT2D eigenvalue weighted by molar-refractivity contribution is -0.137. The maximum Gasteiger partial charge on any atom is 0.232 e. The van der Waals surface area contributed by atoms with Crippen molar-refractivity contribution >= 4 is 11.8 Å². The van der Waals surface area contributed by atoms with Crippen molar-refractivity contribution in [1.82, 2.24) is 15.1 Å². The zero-order chi connectivity index (χ0) is 17.8. The molecule has 1 aromatic rings. The first-order chi connectivity index (χ1) is 12.0. The van der Waals surface area contributed by atoms with E-state index in [1.807, 2.05) is 32.0 Å². The van der Waals surface area contributed by atoms with Crippen LogP contribution < -0.4 is 14.8 Å². The zero-order valence-electron chi connectivity index (χ0n) is 14.8. The molecular formula is C18H25N3O4. The molecule has 1 aromatic carbocycles. The van der Waals surface area contributed by atoms with Gasteiger partial charge in [-0.05, 0) is 31.5 Å². The van der Waals surface area contributed by atoms with Crippen molar-refractivity contribution in [3.05, 3.63) is 23.8 Å². The van der Waals surface area contributed by atoms with Crippen LogP contribution in [0.25, 0.3) is 0 Å². The monoisotopic (exact) mass is 347 g/mol. The van der Waals surface area contributed by atoms with E-state index in [9.17, 15) is 9.59 Å². The highest BCUT2D eigenvalue weighted by molar-refractivity contribution is 5.97. The quantitative estimate of drug-likeness (QED) is 0.804. The predicted molar refractivity (Wildman–Crippen MR) is 92.3 cm³/mol. The maximum absolute atomic E-state index is 12.2. The number of carbonyl (C=O) groups is 2. The second kappa shape index (κ2) is 7.74. The molecule has 0 aliphatic carbocycles. The second-order valence-electron chi connectivity index (χ2n) is 6.74. The summed E-state index contributed by atoms with van der Waals surface area (Å²) in [4.78, 5) is 28.0. The van der Waals surface area contributed by atoms with Crippen molar-refractivity contribution in [2.24, 2.45) is 0 Å². The lowest BCUT2D eigenvalue weighted by atomic mass is 10.1. The Balaban J connectivity index is 1.45. The Kier molecular flexibility index (Phi) is 5.43. The molecule has 0 spiro atoms. The fourth-order valence-corrected chi connectivity index (χ4v) is 3.08. The van der Waals surface area contributed by atoms with Gasteiger partial charge in [0.25, 0.3) is 0 Å². The average Bonchev–Trinajstić information content (AvgIpc) is 3.02. The minimum Gasteiger partial charge on any atom is -0.454 e. The molecule has 2 heterocycles. The van der Waals surface area contributed by atoms with E-state index in [-0.39, 0.29) is 31.1 Å². The molecule has 2 amide bonds. The summed E-state index contributed by atoms with van der Waals surface area (Å²) in [6.07, 6.45) is -0.0691. The van der Waals surface area contributed by atoms with Gasteiger partial charge in [0.05, 0.1) is 0 Å². The van der Waals surface area contributed by atoms with Crippen LogP contribution in [0, 0.1) is 0 Å². The van der Waals surface area contributed by atoms with Crippen LogP contribution in [0.5, 0.6) is 11.5 Å². The van der Waals surface area contributed by atoms with Gasteiger partial charge in [0, 0.05) is 38.8 Å². The van der Waals surface area contributed by atoms with Crippen LogP contribution in [0.2, 0.25) is 0 Å². The first kappa shape index (κ1) is 17.5. The van der Waals surface area contributed by atoms with Crippen molar-refractivity contribution in [2.75, 3.05) is 33.0 Å². The number of rotatable bonds is 5. The minimum atomic E-state index is -0.206. The molecule has 1 N–H and O–H groups in total. The number of fused-ring (bicyclic) bond motifs is 1. The summed E-state index contributed by atoms with van der Waals surface area (Å²) in [7, 11) is 0. The second-order valence-corrected chi connectivity index (χ2v) is 6.74. The maximum atomic E-state index is 12.2. The van der Waals surface area contributed by atoms with Crippen LogP contribution in [0.15, 0.2) is 18.2 Å². The summed E-state index contributed by atoms with van der Waals surface area (Å²) in [5, 5.41) is 2.76. The van der Waals surface area contributed by atoms with Gasteiger partial charge in [-0.3, -0.25) is 14.5 Å². The molecule has 1 saturated heterocycles. The third-order valence-electron chi connectivity index (χ3n) is 4.33. The summed E-state index contributed by atoms with van der Waals surface area (Å²) in [5.41, 5.74) is 1.17. The molecule has 136 valence electrons. The van der Waals surface area contributed by atoms with Crippen molar-refractivity contribution in [3.63, 3.8) is 0 Å². The van der Waals surface area contributed by atoms with E-state index in [2.05, 4.69) is 10.2 Å². The molecule has 7 nitrogen and oxygen atoms in total. The van der Waals surface area contributed by atoms with Gasteiger partial charge in [0.2, 0.25) is 18.6 Å². The van der Waals surface area contributed by atoms with Crippen molar-refractivity contribution < 1.29 is 19.1 Å². The topological polar surface area (TPSA) is 71.1 Å². The molecule has 0 unspecified atom stereocenters. The number of hydrogen-bond donors (Lipinski definition) is 1. The Labute approximate surface area is 147 Å². The largest absolute Gasteiger partial charge is 0.454 e. The van der Waals surface area contributed by atoms with Gasteiger partial charge in [-0.15, -0.1) is 0 Å². The smallest absolute Gasteiger partial charge is 0.232 e. The lowest BCUT2D eigenvalue weighted by Crippen LogP contribution is -2.49. The highest BCUT2D eigenvalue weighted by Gasteiger charge is 2.23. The van der Waals surface area contributed by atoms with Crippen LogP contribution >= 0.6 is 0 Å². The van der Waals surface area contributed by atoms with Crippen LogP contribution in [0.1, 0.15) is 25.8 Å². The van der Waals surface area contributed by atoms with Crippen LogP contribution in [-0.2, 0) is 16.1 Å². The number of ether oxygens (including phenoxy) is 2. The van der Waals surface area contributed by atoms with E-state index in [0.29, 0.717) is 13.1 Å². The standard InChI is InChI=1S/C18H25N3O4/c1-13(2)19-17(22)10-18(23)21-7-5-20(6-8-21)11-14-3-4-15-16(9-14)25-12-24-15/h3-4,9,13H,5-8,10-12H2,1-2H3,(H,19,22). The molecule has 0 radical (unpaired) electrons. The Morgan fingerprint density at radius 3 is 2.56 bits per heavy atom. The van der Waals surface area contributed by atoms with E-state index < -0.39 is 0 Å². The summed E-state index contributed by atoms with van der Waals surface area (Å²) in [5.74, 6) is 1.28. The third-order valence-corrected chi connectivity index (χ3v) is 4.33. The molecular weight excluding hydrogens is 322 g/mol. The zero-order valence-corrected chi connectivity index (χ0v) is 14.8. The van der Waals surface area contributed by atoms with Gasteiger partial charge >= 0.3 is 0 Å². The Morgan fingerprint density at radius 2 is 1.84 bits per heavy atom. The SMILES string of the molecule is CC(C)NC(=O)CC(=O)N1CCN(Cc2ccc3c(c2)OCO3)CC1. The van der Waals surface area contributed by atoms with E-state index in [1.165, 1.54) is 5.56 Å². The minimum absolute atomic E-state index is 0.0545. The molecule has 2 aliphatic heterocycles.